The minimum atomic E-state index is -0.212. The Bertz CT molecular complexity index is 1170. The van der Waals surface area contributed by atoms with Gasteiger partial charge in [-0.1, -0.05) is 60.7 Å². The van der Waals surface area contributed by atoms with Gasteiger partial charge >= 0.3 is 6.03 Å². The highest BCUT2D eigenvalue weighted by atomic mass is 16.5. The van der Waals surface area contributed by atoms with E-state index in [0.717, 1.165) is 29.7 Å². The maximum absolute atomic E-state index is 13.6. The number of rotatable bonds is 10. The number of ether oxygens (including phenoxy) is 2. The van der Waals surface area contributed by atoms with Crippen LogP contribution < -0.4 is 14.8 Å². The van der Waals surface area contributed by atoms with E-state index in [2.05, 4.69) is 62.2 Å². The topological polar surface area (TPSA) is 54.0 Å². The molecule has 202 valence electrons. The number of carbonyl (C=O) groups is 1. The summed E-state index contributed by atoms with van der Waals surface area (Å²) in [5, 5.41) is 3.20. The van der Waals surface area contributed by atoms with Crippen LogP contribution in [0.25, 0.3) is 0 Å². The van der Waals surface area contributed by atoms with Gasteiger partial charge in [0, 0.05) is 31.7 Å². The summed E-state index contributed by atoms with van der Waals surface area (Å²) < 4.78 is 12.0. The second kappa shape index (κ2) is 12.8. The quantitative estimate of drug-likeness (QED) is 0.357. The van der Waals surface area contributed by atoms with Crippen LogP contribution in [0.2, 0.25) is 0 Å². The summed E-state index contributed by atoms with van der Waals surface area (Å²) in [5.41, 5.74) is 4.42. The third kappa shape index (κ3) is 6.48. The Labute approximate surface area is 227 Å². The molecule has 4 rings (SSSR count). The molecule has 38 heavy (non-hydrogen) atoms. The molecule has 1 atom stereocenters. The smallest absolute Gasteiger partial charge is 0.318 e. The predicted molar refractivity (Wildman–Crippen MR) is 153 cm³/mol. The van der Waals surface area contributed by atoms with Crippen LogP contribution in [0.1, 0.15) is 56.0 Å². The summed E-state index contributed by atoms with van der Waals surface area (Å²) in [7, 11) is 1.67. The van der Waals surface area contributed by atoms with E-state index in [9.17, 15) is 4.79 Å². The Kier molecular flexibility index (Phi) is 9.29. The zero-order valence-corrected chi connectivity index (χ0v) is 23.3. The SMILES string of the molecule is COc1cc2c(cc1OCc1ccccc1)C(c1ccccc1)N(C(=O)NCCN(C(C)C)C(C)C)CC2. The Morgan fingerprint density at radius 3 is 2.26 bits per heavy atom. The Morgan fingerprint density at radius 1 is 0.974 bits per heavy atom. The molecule has 0 saturated heterocycles. The van der Waals surface area contributed by atoms with E-state index < -0.39 is 0 Å². The number of methoxy groups -OCH3 is 1. The second-order valence-electron chi connectivity index (χ2n) is 10.4. The van der Waals surface area contributed by atoms with Crippen molar-refractivity contribution in [1.82, 2.24) is 15.1 Å². The van der Waals surface area contributed by atoms with Crippen molar-refractivity contribution in [2.45, 2.75) is 58.8 Å². The van der Waals surface area contributed by atoms with E-state index in [1.807, 2.05) is 53.4 Å². The molecule has 0 spiro atoms. The van der Waals surface area contributed by atoms with Gasteiger partial charge in [0.25, 0.3) is 0 Å². The lowest BCUT2D eigenvalue weighted by Gasteiger charge is -2.38. The first-order valence-electron chi connectivity index (χ1n) is 13.6. The lowest BCUT2D eigenvalue weighted by molar-refractivity contribution is 0.162. The van der Waals surface area contributed by atoms with Crippen LogP contribution in [0.4, 0.5) is 4.79 Å². The molecule has 0 saturated carbocycles. The maximum Gasteiger partial charge on any atom is 0.318 e. The third-order valence-corrected chi connectivity index (χ3v) is 7.24. The van der Waals surface area contributed by atoms with Crippen LogP contribution in [0.15, 0.2) is 72.8 Å². The molecule has 0 aromatic heterocycles. The molecular weight excluding hydrogens is 474 g/mol. The first-order chi connectivity index (χ1) is 18.4. The predicted octanol–water partition coefficient (Wildman–Crippen LogP) is 6.05. The Hall–Kier alpha value is -3.51. The molecule has 1 unspecified atom stereocenters. The molecule has 6 heteroatoms. The zero-order chi connectivity index (χ0) is 27.1. The molecule has 3 aromatic carbocycles. The lowest BCUT2D eigenvalue weighted by Crippen LogP contribution is -2.49. The van der Waals surface area contributed by atoms with Gasteiger partial charge in [0.15, 0.2) is 11.5 Å². The number of urea groups is 1. The normalized spacial score (nSPS) is 15.1. The molecule has 6 nitrogen and oxygen atoms in total. The van der Waals surface area contributed by atoms with E-state index in [1.54, 1.807) is 7.11 Å². The van der Waals surface area contributed by atoms with Crippen LogP contribution in [0.3, 0.4) is 0 Å². The monoisotopic (exact) mass is 515 g/mol. The van der Waals surface area contributed by atoms with E-state index in [0.29, 0.717) is 43.3 Å². The van der Waals surface area contributed by atoms with E-state index in [1.165, 1.54) is 5.56 Å². The van der Waals surface area contributed by atoms with Crippen LogP contribution >= 0.6 is 0 Å². The Morgan fingerprint density at radius 2 is 1.63 bits per heavy atom. The Balaban J connectivity index is 1.60. The first kappa shape index (κ1) is 27.5. The summed E-state index contributed by atoms with van der Waals surface area (Å²) in [6.45, 7) is 11.3. The minimum Gasteiger partial charge on any atom is -0.493 e. The minimum absolute atomic E-state index is 0.0421. The lowest BCUT2D eigenvalue weighted by atomic mass is 9.88. The number of amides is 2. The number of nitrogens with one attached hydrogen (secondary N) is 1. The molecule has 1 aliphatic rings. The highest BCUT2D eigenvalue weighted by Crippen LogP contribution is 2.41. The maximum atomic E-state index is 13.6. The molecular formula is C32H41N3O3. The van der Waals surface area contributed by atoms with E-state index in [-0.39, 0.29) is 12.1 Å². The summed E-state index contributed by atoms with van der Waals surface area (Å²) in [6, 6.07) is 25.1. The van der Waals surface area contributed by atoms with Crippen molar-refractivity contribution in [3.8, 4) is 11.5 Å². The fourth-order valence-electron chi connectivity index (χ4n) is 5.35. The van der Waals surface area contributed by atoms with Crippen molar-refractivity contribution in [2.75, 3.05) is 26.7 Å². The van der Waals surface area contributed by atoms with Gasteiger partial charge < -0.3 is 19.7 Å². The molecule has 1 heterocycles. The van der Waals surface area contributed by atoms with Crippen LogP contribution in [0, 0.1) is 0 Å². The van der Waals surface area contributed by atoms with Gasteiger partial charge in [-0.2, -0.15) is 0 Å². The highest BCUT2D eigenvalue weighted by Gasteiger charge is 2.33. The number of hydrogen-bond donors (Lipinski definition) is 1. The second-order valence-corrected chi connectivity index (χ2v) is 10.4. The average molecular weight is 516 g/mol. The summed E-state index contributed by atoms with van der Waals surface area (Å²) in [6.07, 6.45) is 0.755. The van der Waals surface area contributed by atoms with E-state index in [4.69, 9.17) is 9.47 Å². The molecule has 2 amide bonds. The standard InChI is InChI=1S/C32H41N3O3/c1-23(2)34(24(3)4)19-17-33-32(36)35-18-16-27-20-29(37-5)30(38-22-25-12-8-6-9-13-25)21-28(27)31(35)26-14-10-7-11-15-26/h6-15,20-21,23-24,31H,16-19,22H2,1-5H3,(H,33,36). The summed E-state index contributed by atoms with van der Waals surface area (Å²) in [5.74, 6) is 1.40. The number of hydrogen-bond acceptors (Lipinski definition) is 4. The summed E-state index contributed by atoms with van der Waals surface area (Å²) >= 11 is 0. The molecule has 0 fully saturated rings. The van der Waals surface area contributed by atoms with Gasteiger partial charge in [0.05, 0.1) is 13.2 Å². The van der Waals surface area contributed by atoms with Crippen molar-refractivity contribution >= 4 is 6.03 Å². The van der Waals surface area contributed by atoms with Gasteiger partial charge in [-0.3, -0.25) is 4.90 Å². The van der Waals surface area contributed by atoms with Crippen molar-refractivity contribution in [1.29, 1.82) is 0 Å². The van der Waals surface area contributed by atoms with E-state index >= 15 is 0 Å². The van der Waals surface area contributed by atoms with Crippen molar-refractivity contribution < 1.29 is 14.3 Å². The van der Waals surface area contributed by atoms with Gasteiger partial charge in [0.2, 0.25) is 0 Å². The van der Waals surface area contributed by atoms with Crippen molar-refractivity contribution in [2.24, 2.45) is 0 Å². The van der Waals surface area contributed by atoms with Gasteiger partial charge in [-0.15, -0.1) is 0 Å². The van der Waals surface area contributed by atoms with Crippen molar-refractivity contribution in [3.05, 3.63) is 95.1 Å². The van der Waals surface area contributed by atoms with Gasteiger partial charge in [0.1, 0.15) is 6.61 Å². The van der Waals surface area contributed by atoms with Crippen LogP contribution in [0.5, 0.6) is 11.5 Å². The van der Waals surface area contributed by atoms with Crippen LogP contribution in [-0.2, 0) is 13.0 Å². The molecule has 1 aliphatic heterocycles. The third-order valence-electron chi connectivity index (χ3n) is 7.24. The molecule has 1 N–H and O–H groups in total. The molecule has 0 bridgehead atoms. The van der Waals surface area contributed by atoms with Crippen LogP contribution in [-0.4, -0.2) is 54.7 Å². The number of carbonyl (C=O) groups excluding carboxylic acids is 1. The molecule has 0 aliphatic carbocycles. The number of nitrogens with zero attached hydrogens (tertiary/aromatic N) is 2. The zero-order valence-electron chi connectivity index (χ0n) is 23.3. The summed E-state index contributed by atoms with van der Waals surface area (Å²) in [4.78, 5) is 17.9. The number of benzene rings is 3. The molecule has 3 aromatic rings. The fraction of sp³-hybridized carbons (Fsp3) is 0.406. The fourth-order valence-corrected chi connectivity index (χ4v) is 5.35. The largest absolute Gasteiger partial charge is 0.493 e. The van der Waals surface area contributed by atoms with Crippen molar-refractivity contribution in [3.63, 3.8) is 0 Å². The highest BCUT2D eigenvalue weighted by molar-refractivity contribution is 5.76. The molecule has 0 radical (unpaired) electrons. The first-order valence-corrected chi connectivity index (χ1v) is 13.6. The van der Waals surface area contributed by atoms with Gasteiger partial charge in [-0.25, -0.2) is 4.79 Å². The number of fused-ring (bicyclic) bond motifs is 1. The van der Waals surface area contributed by atoms with Gasteiger partial charge in [-0.05, 0) is 68.5 Å². The average Bonchev–Trinajstić information content (AvgIpc) is 2.93.